The van der Waals surface area contributed by atoms with Crippen LogP contribution in [-0.4, -0.2) is 29.2 Å². The maximum absolute atomic E-state index is 10.8. The Balaban J connectivity index is 1.93. The second kappa shape index (κ2) is 4.05. The second-order valence-electron chi connectivity index (χ2n) is 4.23. The van der Waals surface area contributed by atoms with Gasteiger partial charge in [0.25, 0.3) is 5.91 Å². The van der Waals surface area contributed by atoms with E-state index in [2.05, 4.69) is 15.5 Å². The first kappa shape index (κ1) is 10.8. The predicted molar refractivity (Wildman–Crippen MR) is 59.8 cm³/mol. The third-order valence-corrected chi connectivity index (χ3v) is 2.95. The summed E-state index contributed by atoms with van der Waals surface area (Å²) in [5, 5.41) is 10.7. The molecule has 6 nitrogen and oxygen atoms in total. The van der Waals surface area contributed by atoms with Crippen LogP contribution in [0, 0.1) is 5.41 Å². The number of hydrogen-bond donors (Lipinski definition) is 3. The highest BCUT2D eigenvalue weighted by atomic mass is 16.1. The van der Waals surface area contributed by atoms with E-state index in [1.807, 2.05) is 0 Å². The number of nitrogens with two attached hydrogens (primary N) is 2. The zero-order valence-electron chi connectivity index (χ0n) is 8.94. The Hall–Kier alpha value is -1.69. The minimum atomic E-state index is -0.570. The van der Waals surface area contributed by atoms with Crippen LogP contribution < -0.4 is 16.8 Å². The van der Waals surface area contributed by atoms with E-state index in [1.165, 1.54) is 0 Å². The van der Waals surface area contributed by atoms with Crippen molar-refractivity contribution in [3.8, 4) is 0 Å². The summed E-state index contributed by atoms with van der Waals surface area (Å²) < 4.78 is 0. The zero-order valence-corrected chi connectivity index (χ0v) is 8.94. The largest absolute Gasteiger partial charge is 0.368 e. The molecular formula is C10H15N5O. The van der Waals surface area contributed by atoms with Gasteiger partial charge in [-0.3, -0.25) is 4.79 Å². The molecule has 0 spiro atoms. The van der Waals surface area contributed by atoms with Gasteiger partial charge in [0.05, 0.1) is 0 Å². The standard InChI is InChI=1S/C10H15N5O/c11-5-10(3-4-10)6-13-8-2-1-7(9(12)16)14-15-8/h1-2H,3-6,11H2,(H2,12,16)(H,13,15). The van der Waals surface area contributed by atoms with Crippen LogP contribution in [0.2, 0.25) is 0 Å². The molecule has 0 aromatic carbocycles. The molecule has 0 bridgehead atoms. The van der Waals surface area contributed by atoms with E-state index in [-0.39, 0.29) is 11.1 Å². The van der Waals surface area contributed by atoms with Crippen LogP contribution in [-0.2, 0) is 0 Å². The number of carbonyl (C=O) groups excluding carboxylic acids is 1. The van der Waals surface area contributed by atoms with Gasteiger partial charge in [0, 0.05) is 6.54 Å². The van der Waals surface area contributed by atoms with Crippen LogP contribution in [0.1, 0.15) is 23.3 Å². The predicted octanol–water partition coefficient (Wildman–Crippen LogP) is -0.274. The number of hydrogen-bond acceptors (Lipinski definition) is 5. The Morgan fingerprint density at radius 2 is 2.19 bits per heavy atom. The zero-order chi connectivity index (χ0) is 11.6. The highest BCUT2D eigenvalue weighted by Gasteiger charge is 2.40. The normalized spacial score (nSPS) is 16.8. The van der Waals surface area contributed by atoms with Crippen LogP contribution in [0.4, 0.5) is 5.82 Å². The van der Waals surface area contributed by atoms with Gasteiger partial charge in [-0.25, -0.2) is 0 Å². The molecule has 2 rings (SSSR count). The molecule has 6 heteroatoms. The maximum Gasteiger partial charge on any atom is 0.269 e. The number of primary amides is 1. The molecule has 0 atom stereocenters. The minimum absolute atomic E-state index is 0.172. The van der Waals surface area contributed by atoms with Crippen molar-refractivity contribution in [3.63, 3.8) is 0 Å². The lowest BCUT2D eigenvalue weighted by Gasteiger charge is -2.13. The Morgan fingerprint density at radius 3 is 2.62 bits per heavy atom. The molecule has 0 radical (unpaired) electrons. The van der Waals surface area contributed by atoms with Crippen molar-refractivity contribution in [2.75, 3.05) is 18.4 Å². The number of aromatic nitrogens is 2. The third kappa shape index (κ3) is 2.27. The van der Waals surface area contributed by atoms with Crippen LogP contribution in [0.3, 0.4) is 0 Å². The average Bonchev–Trinajstić information content (AvgIpc) is 3.08. The van der Waals surface area contributed by atoms with Crippen LogP contribution >= 0.6 is 0 Å². The highest BCUT2D eigenvalue weighted by molar-refractivity contribution is 5.90. The first-order valence-electron chi connectivity index (χ1n) is 5.23. The van der Waals surface area contributed by atoms with E-state index < -0.39 is 5.91 Å². The van der Waals surface area contributed by atoms with Crippen molar-refractivity contribution in [1.82, 2.24) is 10.2 Å². The minimum Gasteiger partial charge on any atom is -0.368 e. The molecule has 1 aromatic heterocycles. The van der Waals surface area contributed by atoms with Gasteiger partial charge in [-0.1, -0.05) is 0 Å². The first-order valence-corrected chi connectivity index (χ1v) is 5.23. The topological polar surface area (TPSA) is 107 Å². The maximum atomic E-state index is 10.8. The average molecular weight is 221 g/mol. The highest BCUT2D eigenvalue weighted by Crippen LogP contribution is 2.44. The van der Waals surface area contributed by atoms with Gasteiger partial charge in [-0.05, 0) is 36.9 Å². The number of carbonyl (C=O) groups is 1. The summed E-state index contributed by atoms with van der Waals surface area (Å²) in [4.78, 5) is 10.8. The van der Waals surface area contributed by atoms with Gasteiger partial charge in [0.2, 0.25) is 0 Å². The summed E-state index contributed by atoms with van der Waals surface area (Å²) in [7, 11) is 0. The fourth-order valence-corrected chi connectivity index (χ4v) is 1.47. The van der Waals surface area contributed by atoms with Crippen LogP contribution in [0.25, 0.3) is 0 Å². The molecule has 1 fully saturated rings. The van der Waals surface area contributed by atoms with Gasteiger partial charge in [-0.15, -0.1) is 10.2 Å². The Morgan fingerprint density at radius 1 is 1.44 bits per heavy atom. The van der Waals surface area contributed by atoms with E-state index in [0.29, 0.717) is 12.4 Å². The van der Waals surface area contributed by atoms with Gasteiger partial charge >= 0.3 is 0 Å². The van der Waals surface area contributed by atoms with E-state index >= 15 is 0 Å². The fourth-order valence-electron chi connectivity index (χ4n) is 1.47. The monoisotopic (exact) mass is 221 g/mol. The molecule has 1 aromatic rings. The van der Waals surface area contributed by atoms with Gasteiger partial charge in [-0.2, -0.15) is 0 Å². The molecule has 1 aliphatic carbocycles. The summed E-state index contributed by atoms with van der Waals surface area (Å²) in [6.07, 6.45) is 2.31. The van der Waals surface area contributed by atoms with Crippen molar-refractivity contribution in [3.05, 3.63) is 17.8 Å². The van der Waals surface area contributed by atoms with Crippen molar-refractivity contribution < 1.29 is 4.79 Å². The molecule has 1 heterocycles. The summed E-state index contributed by atoms with van der Waals surface area (Å²) in [5.41, 5.74) is 11.1. The van der Waals surface area contributed by atoms with Gasteiger partial charge in [0.15, 0.2) is 5.69 Å². The number of nitrogens with zero attached hydrogens (tertiary/aromatic N) is 2. The van der Waals surface area contributed by atoms with E-state index in [1.54, 1.807) is 12.1 Å². The van der Waals surface area contributed by atoms with Crippen LogP contribution in [0.15, 0.2) is 12.1 Å². The van der Waals surface area contributed by atoms with Crippen molar-refractivity contribution in [2.24, 2.45) is 16.9 Å². The van der Waals surface area contributed by atoms with E-state index in [9.17, 15) is 4.79 Å². The molecule has 86 valence electrons. The van der Waals surface area contributed by atoms with Crippen molar-refractivity contribution in [2.45, 2.75) is 12.8 Å². The summed E-state index contributed by atoms with van der Waals surface area (Å²) in [5.74, 6) is 0.0735. The molecule has 1 amide bonds. The van der Waals surface area contributed by atoms with Gasteiger partial charge in [0.1, 0.15) is 5.82 Å². The Kier molecular flexibility index (Phi) is 2.74. The molecule has 1 aliphatic rings. The molecule has 1 saturated carbocycles. The molecule has 0 saturated heterocycles. The molecule has 0 aliphatic heterocycles. The van der Waals surface area contributed by atoms with E-state index in [0.717, 1.165) is 19.4 Å². The second-order valence-corrected chi connectivity index (χ2v) is 4.23. The SMILES string of the molecule is NCC1(CNc2ccc(C(N)=O)nn2)CC1. The molecule has 0 unspecified atom stereocenters. The molecule has 5 N–H and O–H groups in total. The number of nitrogens with one attached hydrogen (secondary N) is 1. The quantitative estimate of drug-likeness (QED) is 0.634. The summed E-state index contributed by atoms with van der Waals surface area (Å²) in [6.45, 7) is 1.49. The molecule has 16 heavy (non-hydrogen) atoms. The Labute approximate surface area is 93.4 Å². The van der Waals surface area contributed by atoms with Crippen molar-refractivity contribution in [1.29, 1.82) is 0 Å². The number of rotatable bonds is 5. The lowest BCUT2D eigenvalue weighted by Crippen LogP contribution is -2.24. The number of amides is 1. The smallest absolute Gasteiger partial charge is 0.269 e. The first-order chi connectivity index (χ1) is 7.65. The fraction of sp³-hybridized carbons (Fsp3) is 0.500. The Bertz CT molecular complexity index is 385. The summed E-state index contributed by atoms with van der Waals surface area (Å²) >= 11 is 0. The molecular weight excluding hydrogens is 206 g/mol. The van der Waals surface area contributed by atoms with E-state index in [4.69, 9.17) is 11.5 Å². The van der Waals surface area contributed by atoms with Gasteiger partial charge < -0.3 is 16.8 Å². The lowest BCUT2D eigenvalue weighted by atomic mass is 10.1. The van der Waals surface area contributed by atoms with Crippen LogP contribution in [0.5, 0.6) is 0 Å². The third-order valence-electron chi connectivity index (χ3n) is 2.95. The lowest BCUT2D eigenvalue weighted by molar-refractivity contribution is 0.0994. The van der Waals surface area contributed by atoms with Crippen molar-refractivity contribution >= 4 is 11.7 Å². The number of anilines is 1. The summed E-state index contributed by atoms with van der Waals surface area (Å²) in [6, 6.07) is 3.25.